The molecule has 1 heterocycles. The number of esters is 1. The first-order valence-corrected chi connectivity index (χ1v) is 11.4. The number of hydrogen-bond donors (Lipinski definition) is 0. The number of rotatable bonds is 6. The standard InChI is InChI=1S/C21H14Cl2F4N2O4S/c1-33-20(30)13-3-5-15(6-4-13)34(31,32)29(11-12-2-7-16(22)18(24)8-12)19-17(23)9-14(10-28-19)21(25,26)27/h2-10H,11H2,1H3. The van der Waals surface area contributed by atoms with E-state index in [-0.39, 0.29) is 21.0 Å². The van der Waals surface area contributed by atoms with Crippen molar-refractivity contribution in [1.82, 2.24) is 4.98 Å². The van der Waals surface area contributed by atoms with E-state index < -0.39 is 50.9 Å². The molecule has 0 unspecified atom stereocenters. The van der Waals surface area contributed by atoms with E-state index in [0.717, 1.165) is 25.3 Å². The molecule has 180 valence electrons. The molecule has 13 heteroatoms. The zero-order chi connectivity index (χ0) is 25.3. The maximum absolute atomic E-state index is 14.0. The minimum atomic E-state index is -4.76. The van der Waals surface area contributed by atoms with Crippen LogP contribution < -0.4 is 4.31 Å². The largest absolute Gasteiger partial charge is 0.465 e. The molecule has 6 nitrogen and oxygen atoms in total. The quantitative estimate of drug-likeness (QED) is 0.297. The number of halogens is 6. The Labute approximate surface area is 201 Å². The van der Waals surface area contributed by atoms with Crippen LogP contribution in [0.5, 0.6) is 0 Å². The van der Waals surface area contributed by atoms with Gasteiger partial charge in [-0.25, -0.2) is 26.9 Å². The van der Waals surface area contributed by atoms with E-state index in [4.69, 9.17) is 23.2 Å². The van der Waals surface area contributed by atoms with E-state index in [0.29, 0.717) is 16.6 Å². The van der Waals surface area contributed by atoms with Gasteiger partial charge in [0.05, 0.1) is 39.7 Å². The van der Waals surface area contributed by atoms with Gasteiger partial charge >= 0.3 is 12.1 Å². The van der Waals surface area contributed by atoms with Crippen LogP contribution >= 0.6 is 23.2 Å². The Hall–Kier alpha value is -2.89. The number of methoxy groups -OCH3 is 1. The van der Waals surface area contributed by atoms with Gasteiger partial charge in [0.15, 0.2) is 5.82 Å². The third kappa shape index (κ3) is 5.43. The molecule has 0 N–H and O–H groups in total. The molecule has 0 radical (unpaired) electrons. The maximum atomic E-state index is 14.0. The summed E-state index contributed by atoms with van der Waals surface area (Å²) < 4.78 is 85.2. The van der Waals surface area contributed by atoms with Gasteiger partial charge in [-0.2, -0.15) is 13.2 Å². The van der Waals surface area contributed by atoms with Crippen LogP contribution in [0.15, 0.2) is 59.6 Å². The van der Waals surface area contributed by atoms with Crippen LogP contribution in [-0.2, 0) is 27.5 Å². The Kier molecular flexibility index (Phi) is 7.39. The summed E-state index contributed by atoms with van der Waals surface area (Å²) in [7, 11) is -3.35. The van der Waals surface area contributed by atoms with Gasteiger partial charge in [-0.15, -0.1) is 0 Å². The third-order valence-electron chi connectivity index (χ3n) is 4.56. The molecule has 0 aliphatic heterocycles. The number of aromatic nitrogens is 1. The number of hydrogen-bond acceptors (Lipinski definition) is 5. The minimum Gasteiger partial charge on any atom is -0.465 e. The van der Waals surface area contributed by atoms with Crippen LogP contribution in [0, 0.1) is 5.82 Å². The van der Waals surface area contributed by atoms with E-state index in [9.17, 15) is 30.8 Å². The lowest BCUT2D eigenvalue weighted by atomic mass is 10.2. The van der Waals surface area contributed by atoms with Gasteiger partial charge in [0.2, 0.25) is 0 Å². The Morgan fingerprint density at radius 1 is 1.06 bits per heavy atom. The molecule has 0 aliphatic carbocycles. The fourth-order valence-corrected chi connectivity index (χ4v) is 4.72. The van der Waals surface area contributed by atoms with Gasteiger partial charge in [-0.05, 0) is 48.0 Å². The Morgan fingerprint density at radius 2 is 1.71 bits per heavy atom. The molecule has 1 aromatic heterocycles. The molecule has 0 bridgehead atoms. The van der Waals surface area contributed by atoms with Crippen LogP contribution in [-0.4, -0.2) is 26.5 Å². The van der Waals surface area contributed by atoms with E-state index >= 15 is 0 Å². The molecular weight excluding hydrogens is 523 g/mol. The number of alkyl halides is 3. The van der Waals surface area contributed by atoms with Gasteiger partial charge in [0.1, 0.15) is 5.82 Å². The molecule has 0 amide bonds. The highest BCUT2D eigenvalue weighted by Crippen LogP contribution is 2.36. The second kappa shape index (κ2) is 9.77. The van der Waals surface area contributed by atoms with Crippen LogP contribution in [0.25, 0.3) is 0 Å². The zero-order valence-corrected chi connectivity index (χ0v) is 19.4. The zero-order valence-electron chi connectivity index (χ0n) is 17.1. The number of benzene rings is 2. The molecule has 3 rings (SSSR count). The lowest BCUT2D eigenvalue weighted by Crippen LogP contribution is -2.32. The van der Waals surface area contributed by atoms with Crippen molar-refractivity contribution in [2.75, 3.05) is 11.4 Å². The highest BCUT2D eigenvalue weighted by Gasteiger charge is 2.34. The van der Waals surface area contributed by atoms with Crippen molar-refractivity contribution < 1.29 is 35.5 Å². The van der Waals surface area contributed by atoms with E-state index in [1.54, 1.807) is 0 Å². The van der Waals surface area contributed by atoms with Gasteiger partial charge in [-0.1, -0.05) is 29.3 Å². The van der Waals surface area contributed by atoms with Crippen molar-refractivity contribution in [2.24, 2.45) is 0 Å². The second-order valence-electron chi connectivity index (χ2n) is 6.80. The normalized spacial score (nSPS) is 11.9. The number of ether oxygens (including phenoxy) is 1. The van der Waals surface area contributed by atoms with Crippen LogP contribution in [0.4, 0.5) is 23.4 Å². The first-order chi connectivity index (χ1) is 15.8. The Morgan fingerprint density at radius 3 is 2.24 bits per heavy atom. The Bertz CT molecular complexity index is 1330. The maximum Gasteiger partial charge on any atom is 0.417 e. The van der Waals surface area contributed by atoms with Crippen molar-refractivity contribution in [3.8, 4) is 0 Å². The molecule has 0 saturated carbocycles. The summed E-state index contributed by atoms with van der Waals surface area (Å²) in [5.74, 6) is -2.04. The molecule has 0 aliphatic rings. The Balaban J connectivity index is 2.12. The molecule has 0 saturated heterocycles. The number of pyridine rings is 1. The molecular formula is C21H14Cl2F4N2O4S. The molecule has 3 aromatic rings. The smallest absolute Gasteiger partial charge is 0.417 e. The van der Waals surface area contributed by atoms with E-state index in [1.807, 2.05) is 0 Å². The highest BCUT2D eigenvalue weighted by molar-refractivity contribution is 7.92. The molecule has 0 spiro atoms. The van der Waals surface area contributed by atoms with Crippen molar-refractivity contribution in [3.63, 3.8) is 0 Å². The molecule has 2 aromatic carbocycles. The summed E-state index contributed by atoms with van der Waals surface area (Å²) in [6.07, 6.45) is -4.32. The van der Waals surface area contributed by atoms with Crippen LogP contribution in [0.2, 0.25) is 10.0 Å². The van der Waals surface area contributed by atoms with E-state index in [1.165, 1.54) is 24.3 Å². The molecule has 0 atom stereocenters. The lowest BCUT2D eigenvalue weighted by Gasteiger charge is -2.25. The highest BCUT2D eigenvalue weighted by atomic mass is 35.5. The van der Waals surface area contributed by atoms with Gasteiger partial charge in [-0.3, -0.25) is 0 Å². The van der Waals surface area contributed by atoms with Crippen molar-refractivity contribution >= 4 is 45.0 Å². The van der Waals surface area contributed by atoms with Crippen LogP contribution in [0.1, 0.15) is 21.5 Å². The number of nitrogens with zero attached hydrogens (tertiary/aromatic N) is 2. The summed E-state index contributed by atoms with van der Waals surface area (Å²) in [6, 6.07) is 8.65. The fraction of sp³-hybridized carbons (Fsp3) is 0.143. The van der Waals surface area contributed by atoms with Crippen molar-refractivity contribution in [3.05, 3.63) is 87.3 Å². The first-order valence-electron chi connectivity index (χ1n) is 9.22. The van der Waals surface area contributed by atoms with Gasteiger partial charge in [0, 0.05) is 6.20 Å². The molecule has 34 heavy (non-hydrogen) atoms. The summed E-state index contributed by atoms with van der Waals surface area (Å²) in [6.45, 7) is -0.534. The lowest BCUT2D eigenvalue weighted by molar-refractivity contribution is -0.137. The number of carbonyl (C=O) groups is 1. The monoisotopic (exact) mass is 536 g/mol. The van der Waals surface area contributed by atoms with Crippen molar-refractivity contribution in [1.29, 1.82) is 0 Å². The predicted molar refractivity (Wildman–Crippen MR) is 117 cm³/mol. The SMILES string of the molecule is COC(=O)c1ccc(S(=O)(=O)N(Cc2ccc(Cl)c(F)c2)c2ncc(C(F)(F)F)cc2Cl)cc1. The predicted octanol–water partition coefficient (Wildman–Crippen LogP) is 5.73. The topological polar surface area (TPSA) is 76.6 Å². The minimum absolute atomic E-state index is 0.0680. The summed E-state index contributed by atoms with van der Waals surface area (Å²) in [5.41, 5.74) is -0.994. The second-order valence-corrected chi connectivity index (χ2v) is 9.48. The number of anilines is 1. The van der Waals surface area contributed by atoms with Crippen LogP contribution in [0.3, 0.4) is 0 Å². The van der Waals surface area contributed by atoms with Crippen molar-refractivity contribution in [2.45, 2.75) is 17.6 Å². The average Bonchev–Trinajstić information content (AvgIpc) is 2.79. The van der Waals surface area contributed by atoms with E-state index in [2.05, 4.69) is 9.72 Å². The first kappa shape index (κ1) is 25.7. The average molecular weight is 537 g/mol. The fourth-order valence-electron chi connectivity index (χ4n) is 2.85. The molecule has 0 fully saturated rings. The number of carbonyl (C=O) groups excluding carboxylic acids is 1. The van der Waals surface area contributed by atoms with Gasteiger partial charge in [0.25, 0.3) is 10.0 Å². The van der Waals surface area contributed by atoms with Gasteiger partial charge < -0.3 is 4.74 Å². The summed E-state index contributed by atoms with van der Waals surface area (Å²) in [4.78, 5) is 14.9. The summed E-state index contributed by atoms with van der Waals surface area (Å²) in [5, 5.41) is -0.804. The number of sulfonamides is 1. The third-order valence-corrected chi connectivity index (χ3v) is 6.89. The summed E-state index contributed by atoms with van der Waals surface area (Å²) >= 11 is 11.7.